The van der Waals surface area contributed by atoms with Gasteiger partial charge < -0.3 is 9.30 Å². The van der Waals surface area contributed by atoms with Crippen LogP contribution in [-0.4, -0.2) is 23.6 Å². The third-order valence-electron chi connectivity index (χ3n) is 3.79. The Labute approximate surface area is 155 Å². The molecular formula is C18H13F3N2O3S. The number of methoxy groups -OCH3 is 1. The van der Waals surface area contributed by atoms with Gasteiger partial charge in [-0.15, -0.1) is 0 Å². The lowest BCUT2D eigenvalue weighted by molar-refractivity contribution is -0.140. The van der Waals surface area contributed by atoms with Crippen molar-refractivity contribution in [1.29, 1.82) is 0 Å². The number of esters is 1. The minimum absolute atomic E-state index is 0.0187. The van der Waals surface area contributed by atoms with Crippen molar-refractivity contribution in [3.05, 3.63) is 64.2 Å². The summed E-state index contributed by atoms with van der Waals surface area (Å²) in [5.41, 5.74) is -0.244. The summed E-state index contributed by atoms with van der Waals surface area (Å²) < 4.78 is 47.7. The van der Waals surface area contributed by atoms with Crippen molar-refractivity contribution in [1.82, 2.24) is 4.57 Å². The van der Waals surface area contributed by atoms with Gasteiger partial charge in [0.1, 0.15) is 23.0 Å². The maximum atomic E-state index is 13.8. The Bertz CT molecular complexity index is 1080. The molecule has 5 nitrogen and oxygen atoms in total. The van der Waals surface area contributed by atoms with Crippen molar-refractivity contribution in [2.45, 2.75) is 13.0 Å². The number of ether oxygens (including phenoxy) is 1. The fraction of sp³-hybridized carbons (Fsp3) is 0.167. The summed E-state index contributed by atoms with van der Waals surface area (Å²) in [5, 5.41) is 0. The Kier molecular flexibility index (Phi) is 5.41. The average molecular weight is 394 g/mol. The molecule has 0 saturated carbocycles. The number of aryl methyl sites for hydroxylation is 1. The second kappa shape index (κ2) is 7.75. The van der Waals surface area contributed by atoms with E-state index in [-0.39, 0.29) is 17.8 Å². The number of benzene rings is 2. The van der Waals surface area contributed by atoms with Crippen molar-refractivity contribution in [3.8, 4) is 0 Å². The number of nitrogens with zero attached hydrogens (tertiary/aromatic N) is 2. The molecule has 3 aromatic rings. The normalized spacial score (nSPS) is 11.8. The van der Waals surface area contributed by atoms with Crippen LogP contribution in [0, 0.1) is 17.5 Å². The molecule has 0 fully saturated rings. The second-order valence-electron chi connectivity index (χ2n) is 5.49. The van der Waals surface area contributed by atoms with Crippen molar-refractivity contribution >= 4 is 33.4 Å². The van der Waals surface area contributed by atoms with Crippen molar-refractivity contribution < 1.29 is 27.5 Å². The first kappa shape index (κ1) is 18.8. The van der Waals surface area contributed by atoms with Crippen LogP contribution in [-0.2, 0) is 16.1 Å². The molecule has 0 aliphatic carbocycles. The third-order valence-corrected chi connectivity index (χ3v) is 4.83. The molecule has 0 saturated heterocycles. The molecule has 0 radical (unpaired) electrons. The molecule has 3 rings (SSSR count). The average Bonchev–Trinajstić information content (AvgIpc) is 2.95. The van der Waals surface area contributed by atoms with Crippen LogP contribution in [0.25, 0.3) is 10.2 Å². The maximum Gasteiger partial charge on any atom is 0.307 e. The molecule has 1 amide bonds. The van der Waals surface area contributed by atoms with Crippen molar-refractivity contribution in [2.24, 2.45) is 4.99 Å². The zero-order valence-electron chi connectivity index (χ0n) is 14.0. The highest BCUT2D eigenvalue weighted by Gasteiger charge is 2.17. The molecular weight excluding hydrogens is 381 g/mol. The highest BCUT2D eigenvalue weighted by molar-refractivity contribution is 7.16. The number of carbonyl (C=O) groups excluding carboxylic acids is 2. The molecule has 1 aromatic heterocycles. The first-order chi connectivity index (χ1) is 12.9. The standard InChI is InChI=1S/C18H13F3N2O3S/c1-26-15(24)7-8-23-13-6-5-10(19)9-14(13)27-18(23)22-17(25)16-11(20)3-2-4-12(16)21/h2-6,9H,7-8H2,1H3. The molecule has 1 heterocycles. The molecule has 140 valence electrons. The minimum Gasteiger partial charge on any atom is -0.469 e. The Morgan fingerprint density at radius 2 is 1.85 bits per heavy atom. The van der Waals surface area contributed by atoms with Gasteiger partial charge >= 0.3 is 5.97 Å². The largest absolute Gasteiger partial charge is 0.469 e. The topological polar surface area (TPSA) is 60.7 Å². The number of amides is 1. The smallest absolute Gasteiger partial charge is 0.307 e. The van der Waals surface area contributed by atoms with Gasteiger partial charge in [0.15, 0.2) is 4.80 Å². The molecule has 27 heavy (non-hydrogen) atoms. The molecule has 0 spiro atoms. The van der Waals surface area contributed by atoms with Crippen LogP contribution in [0.4, 0.5) is 13.2 Å². The lowest BCUT2D eigenvalue weighted by Crippen LogP contribution is -2.19. The molecule has 0 aliphatic heterocycles. The molecule has 9 heteroatoms. The fourth-order valence-electron chi connectivity index (χ4n) is 2.50. The summed E-state index contributed by atoms with van der Waals surface area (Å²) in [7, 11) is 1.24. The van der Waals surface area contributed by atoms with E-state index in [9.17, 15) is 22.8 Å². The number of fused-ring (bicyclic) bond motifs is 1. The van der Waals surface area contributed by atoms with Crippen LogP contribution in [0.1, 0.15) is 16.8 Å². The molecule has 0 atom stereocenters. The SMILES string of the molecule is COC(=O)CCn1c(=NC(=O)c2c(F)cccc2F)sc2cc(F)ccc21. The van der Waals surface area contributed by atoms with Crippen molar-refractivity contribution in [3.63, 3.8) is 0 Å². The zero-order chi connectivity index (χ0) is 19.6. The summed E-state index contributed by atoms with van der Waals surface area (Å²) in [6.07, 6.45) is -0.0187. The van der Waals surface area contributed by atoms with E-state index in [0.29, 0.717) is 10.2 Å². The highest BCUT2D eigenvalue weighted by Crippen LogP contribution is 2.20. The molecule has 0 aliphatic rings. The first-order valence-electron chi connectivity index (χ1n) is 7.79. The van der Waals surface area contributed by atoms with Gasteiger partial charge in [-0.05, 0) is 30.3 Å². The molecule has 0 bridgehead atoms. The third kappa shape index (κ3) is 3.92. The van der Waals surface area contributed by atoms with Crippen LogP contribution in [0.2, 0.25) is 0 Å². The summed E-state index contributed by atoms with van der Waals surface area (Å²) in [6.45, 7) is 0.101. The number of aromatic nitrogens is 1. The maximum absolute atomic E-state index is 13.8. The van der Waals surface area contributed by atoms with E-state index >= 15 is 0 Å². The highest BCUT2D eigenvalue weighted by atomic mass is 32.1. The van der Waals surface area contributed by atoms with Gasteiger partial charge in [0, 0.05) is 6.54 Å². The van der Waals surface area contributed by atoms with Crippen LogP contribution < -0.4 is 4.80 Å². The lowest BCUT2D eigenvalue weighted by Gasteiger charge is -2.04. The van der Waals surface area contributed by atoms with E-state index in [1.54, 1.807) is 0 Å². The van der Waals surface area contributed by atoms with E-state index in [1.807, 2.05) is 0 Å². The van der Waals surface area contributed by atoms with Gasteiger partial charge in [0.05, 0.1) is 23.7 Å². The summed E-state index contributed by atoms with van der Waals surface area (Å²) in [6, 6.07) is 7.01. The Morgan fingerprint density at radius 1 is 1.15 bits per heavy atom. The quantitative estimate of drug-likeness (QED) is 0.637. The molecule has 0 N–H and O–H groups in total. The van der Waals surface area contributed by atoms with E-state index < -0.39 is 34.9 Å². The van der Waals surface area contributed by atoms with Gasteiger partial charge in [-0.1, -0.05) is 17.4 Å². The van der Waals surface area contributed by atoms with E-state index in [0.717, 1.165) is 29.5 Å². The van der Waals surface area contributed by atoms with E-state index in [1.165, 1.54) is 29.9 Å². The number of halogens is 3. The van der Waals surface area contributed by atoms with Crippen LogP contribution >= 0.6 is 11.3 Å². The molecule has 2 aromatic carbocycles. The monoisotopic (exact) mass is 394 g/mol. The number of carbonyl (C=O) groups is 2. The Morgan fingerprint density at radius 3 is 2.52 bits per heavy atom. The van der Waals surface area contributed by atoms with Gasteiger partial charge in [0.25, 0.3) is 5.91 Å². The van der Waals surface area contributed by atoms with Gasteiger partial charge in [0.2, 0.25) is 0 Å². The Balaban J connectivity index is 2.13. The van der Waals surface area contributed by atoms with Gasteiger partial charge in [-0.2, -0.15) is 4.99 Å². The van der Waals surface area contributed by atoms with Crippen LogP contribution in [0.3, 0.4) is 0 Å². The summed E-state index contributed by atoms with van der Waals surface area (Å²) in [4.78, 5) is 27.7. The summed E-state index contributed by atoms with van der Waals surface area (Å²) in [5.74, 6) is -4.14. The second-order valence-corrected chi connectivity index (χ2v) is 6.50. The van der Waals surface area contributed by atoms with Crippen molar-refractivity contribution in [2.75, 3.05) is 7.11 Å². The number of hydrogen-bond acceptors (Lipinski definition) is 4. The van der Waals surface area contributed by atoms with Gasteiger partial charge in [-0.25, -0.2) is 13.2 Å². The minimum atomic E-state index is -1.11. The number of thiazole rings is 1. The first-order valence-corrected chi connectivity index (χ1v) is 8.61. The summed E-state index contributed by atoms with van der Waals surface area (Å²) >= 11 is 0.970. The van der Waals surface area contributed by atoms with E-state index in [4.69, 9.17) is 0 Å². The van der Waals surface area contributed by atoms with Gasteiger partial charge in [-0.3, -0.25) is 9.59 Å². The Hall–Kier alpha value is -2.94. The van der Waals surface area contributed by atoms with E-state index in [2.05, 4.69) is 9.73 Å². The predicted octanol–water partition coefficient (Wildman–Crippen LogP) is 3.42. The number of hydrogen-bond donors (Lipinski definition) is 0. The zero-order valence-corrected chi connectivity index (χ0v) is 14.9. The fourth-order valence-corrected chi connectivity index (χ4v) is 3.58. The lowest BCUT2D eigenvalue weighted by atomic mass is 10.2. The van der Waals surface area contributed by atoms with Crippen LogP contribution in [0.15, 0.2) is 41.4 Å². The van der Waals surface area contributed by atoms with Crippen LogP contribution in [0.5, 0.6) is 0 Å². The molecule has 0 unspecified atom stereocenters. The number of rotatable bonds is 4. The predicted molar refractivity (Wildman–Crippen MR) is 92.7 cm³/mol.